The van der Waals surface area contributed by atoms with Gasteiger partial charge in [-0.2, -0.15) is 0 Å². The van der Waals surface area contributed by atoms with Gasteiger partial charge in [-0.15, -0.1) is 0 Å². The van der Waals surface area contributed by atoms with Crippen LogP contribution in [0.4, 0.5) is 23.2 Å². The molecule has 1 fully saturated rings. The van der Waals surface area contributed by atoms with Crippen molar-refractivity contribution in [1.29, 1.82) is 0 Å². The van der Waals surface area contributed by atoms with Gasteiger partial charge in [0.25, 0.3) is 11.8 Å². The van der Waals surface area contributed by atoms with Crippen molar-refractivity contribution in [3.8, 4) is 0 Å². The first-order chi connectivity index (χ1) is 26.9. The smallest absolute Gasteiger partial charge is 0.261 e. The first kappa shape index (κ1) is 33.6. The summed E-state index contributed by atoms with van der Waals surface area (Å²) in [5, 5.41) is 4.99. The number of hydrogen-bond acceptors (Lipinski definition) is 5. The van der Waals surface area contributed by atoms with Gasteiger partial charge in [0.05, 0.1) is 29.0 Å². The third-order valence-corrected chi connectivity index (χ3v) is 11.6. The van der Waals surface area contributed by atoms with Gasteiger partial charge in [0, 0.05) is 87.6 Å². The van der Waals surface area contributed by atoms with E-state index >= 15 is 0 Å². The number of aromatic amines is 3. The van der Waals surface area contributed by atoms with Crippen molar-refractivity contribution in [2.75, 3.05) is 19.4 Å². The number of likely N-dealkylation sites (N-methyl/N-ethyl adjacent to an activating group) is 2. The number of nitrogens with zero attached hydrogens (tertiary/aromatic N) is 2. The minimum Gasteiger partial charge on any atom is -0.376 e. The molecule has 4 atom stereocenters. The minimum absolute atomic E-state index is 0.162. The van der Waals surface area contributed by atoms with Crippen LogP contribution < -0.4 is 5.32 Å². The Kier molecular flexibility index (Phi) is 7.06. The number of H-pyrrole nitrogens is 3. The second-order valence-electron chi connectivity index (χ2n) is 14.5. The van der Waals surface area contributed by atoms with Crippen molar-refractivity contribution in [3.63, 3.8) is 0 Å². The summed E-state index contributed by atoms with van der Waals surface area (Å²) >= 11 is 0. The molecule has 4 N–H and O–H groups in total. The van der Waals surface area contributed by atoms with Gasteiger partial charge in [0.1, 0.15) is 23.3 Å². The quantitative estimate of drug-likeness (QED) is 0.109. The molecule has 278 valence electrons. The highest BCUT2D eigenvalue weighted by molar-refractivity contribution is 6.50. The summed E-state index contributed by atoms with van der Waals surface area (Å²) in [7, 11) is 2.87. The first-order valence-corrected chi connectivity index (χ1v) is 17.7. The van der Waals surface area contributed by atoms with Crippen molar-refractivity contribution in [2.45, 2.75) is 17.9 Å². The molecule has 0 radical (unpaired) electrons. The van der Waals surface area contributed by atoms with Gasteiger partial charge in [0.2, 0.25) is 11.8 Å². The van der Waals surface area contributed by atoms with E-state index in [4.69, 9.17) is 0 Å². The van der Waals surface area contributed by atoms with Crippen molar-refractivity contribution < 1.29 is 36.7 Å². The summed E-state index contributed by atoms with van der Waals surface area (Å²) in [6, 6.07) is 17.0. The molecule has 3 aromatic heterocycles. The summed E-state index contributed by atoms with van der Waals surface area (Å²) in [5.74, 6) is -4.97. The number of likely N-dealkylation sites (tertiary alicyclic amines) is 1. The van der Waals surface area contributed by atoms with Crippen LogP contribution in [0.25, 0.3) is 43.9 Å². The fraction of sp³-hybridized carbons (Fsp3) is 0.143. The zero-order chi connectivity index (χ0) is 38.9. The molecule has 0 bridgehead atoms. The highest BCUT2D eigenvalue weighted by Crippen LogP contribution is 2.60. The summed E-state index contributed by atoms with van der Waals surface area (Å²) in [6.07, 6.45) is 3.17. The number of amides is 4. The summed E-state index contributed by atoms with van der Waals surface area (Å²) in [6.45, 7) is 0. The molecule has 7 aromatic rings. The number of imide groups is 2. The molecule has 56 heavy (non-hydrogen) atoms. The molecule has 0 saturated carbocycles. The van der Waals surface area contributed by atoms with Crippen LogP contribution in [0.2, 0.25) is 0 Å². The van der Waals surface area contributed by atoms with E-state index in [-0.39, 0.29) is 40.7 Å². The van der Waals surface area contributed by atoms with E-state index in [9.17, 15) is 36.7 Å². The van der Waals surface area contributed by atoms with Crippen LogP contribution >= 0.6 is 0 Å². The Hall–Kier alpha value is -6.96. The number of anilines is 1. The van der Waals surface area contributed by atoms with Gasteiger partial charge in [-0.05, 0) is 83.9 Å². The molecule has 4 unspecified atom stereocenters. The number of halogens is 4. The molecule has 10 nitrogen and oxygen atoms in total. The average molecular weight is 757 g/mol. The lowest BCUT2D eigenvalue weighted by molar-refractivity contribution is -0.138. The second kappa shape index (κ2) is 11.8. The molecular weight excluding hydrogens is 728 g/mol. The Balaban J connectivity index is 0.000000137. The van der Waals surface area contributed by atoms with Gasteiger partial charge >= 0.3 is 0 Å². The van der Waals surface area contributed by atoms with Crippen LogP contribution in [0.5, 0.6) is 0 Å². The van der Waals surface area contributed by atoms with E-state index in [1.54, 1.807) is 36.7 Å². The van der Waals surface area contributed by atoms with Crippen LogP contribution in [0.15, 0.2) is 85.2 Å². The Morgan fingerprint density at radius 2 is 1.09 bits per heavy atom. The lowest BCUT2D eigenvalue weighted by Crippen LogP contribution is -2.33. The minimum atomic E-state index is -0.708. The molecule has 11 rings (SSSR count). The van der Waals surface area contributed by atoms with E-state index in [0.29, 0.717) is 55.0 Å². The Morgan fingerprint density at radius 1 is 0.571 bits per heavy atom. The number of nitrogens with one attached hydrogen (secondary N) is 4. The molecule has 4 amide bonds. The van der Waals surface area contributed by atoms with Crippen molar-refractivity contribution in [1.82, 2.24) is 24.8 Å². The van der Waals surface area contributed by atoms with Gasteiger partial charge in [-0.1, -0.05) is 0 Å². The highest BCUT2D eigenvalue weighted by Gasteiger charge is 2.59. The predicted octanol–water partition coefficient (Wildman–Crippen LogP) is 7.25. The zero-order valence-electron chi connectivity index (χ0n) is 29.4. The number of fused-ring (bicyclic) bond motifs is 12. The number of hydrogen-bond donors (Lipinski definition) is 4. The third kappa shape index (κ3) is 4.61. The number of benzene rings is 4. The molecule has 6 heterocycles. The fourth-order valence-electron chi connectivity index (χ4n) is 9.06. The standard InChI is InChI=1S/C21H15F2N3O2.C21H13F2N3O2/c1-26-20(27)16-14-10-6-8(22)2-4-12(10)24-18(14)19-15(17(16)21(26)28)11-7-9(23)3-5-13(11)25-19;1-26-20(27)18(14-8-24-16-4-2-10(22)6-12(14)16)19(21(26)28)15-9-25-17-5-3-11(23)7-13(15)17/h2-7,14,16-18,24-25H,1H3;2-9,24-25H,1H3. The van der Waals surface area contributed by atoms with Crippen molar-refractivity contribution in [3.05, 3.63) is 136 Å². The number of carbonyl (C=O) groups is 4. The maximum absolute atomic E-state index is 14.0. The van der Waals surface area contributed by atoms with Crippen LogP contribution in [-0.2, 0) is 19.2 Å². The number of rotatable bonds is 2. The van der Waals surface area contributed by atoms with E-state index in [1.165, 1.54) is 62.6 Å². The maximum atomic E-state index is 14.0. The third-order valence-electron chi connectivity index (χ3n) is 11.6. The monoisotopic (exact) mass is 756 g/mol. The second-order valence-corrected chi connectivity index (χ2v) is 14.5. The maximum Gasteiger partial charge on any atom is 0.261 e. The molecule has 14 heteroatoms. The van der Waals surface area contributed by atoms with Crippen LogP contribution in [0.3, 0.4) is 0 Å². The average Bonchev–Trinajstić information content (AvgIpc) is 4.02. The Labute approximate surface area is 313 Å². The van der Waals surface area contributed by atoms with E-state index in [0.717, 1.165) is 21.2 Å². The van der Waals surface area contributed by atoms with Gasteiger partial charge < -0.3 is 20.3 Å². The first-order valence-electron chi connectivity index (χ1n) is 17.7. The van der Waals surface area contributed by atoms with Crippen LogP contribution in [-0.4, -0.2) is 62.5 Å². The lowest BCUT2D eigenvalue weighted by atomic mass is 9.68. The largest absolute Gasteiger partial charge is 0.376 e. The molecule has 0 spiro atoms. The van der Waals surface area contributed by atoms with Crippen molar-refractivity contribution >= 4 is 73.2 Å². The van der Waals surface area contributed by atoms with Gasteiger partial charge in [-0.3, -0.25) is 29.0 Å². The zero-order valence-corrected chi connectivity index (χ0v) is 29.4. The highest BCUT2D eigenvalue weighted by atomic mass is 19.1. The summed E-state index contributed by atoms with van der Waals surface area (Å²) in [5.41, 5.74) is 6.06. The fourth-order valence-corrected chi connectivity index (χ4v) is 9.06. The summed E-state index contributed by atoms with van der Waals surface area (Å²) in [4.78, 5) is 63.3. The molecular formula is C42H28F4N6O4. The van der Waals surface area contributed by atoms with Crippen LogP contribution in [0, 0.1) is 29.2 Å². The topological polar surface area (TPSA) is 134 Å². The van der Waals surface area contributed by atoms with E-state index < -0.39 is 41.1 Å². The van der Waals surface area contributed by atoms with E-state index in [1.807, 2.05) is 0 Å². The molecule has 3 aliphatic heterocycles. The molecule has 4 aromatic carbocycles. The predicted molar refractivity (Wildman–Crippen MR) is 199 cm³/mol. The Bertz CT molecular complexity index is 2860. The number of carbonyl (C=O) groups excluding carboxylic acids is 4. The number of aromatic nitrogens is 3. The molecule has 4 aliphatic rings. The van der Waals surface area contributed by atoms with Gasteiger partial charge in [-0.25, -0.2) is 17.6 Å². The Morgan fingerprint density at radius 3 is 1.68 bits per heavy atom. The molecule has 1 aliphatic carbocycles. The molecule has 1 saturated heterocycles. The normalized spacial score (nSPS) is 21.2. The lowest BCUT2D eigenvalue weighted by Gasteiger charge is -2.33. The summed E-state index contributed by atoms with van der Waals surface area (Å²) < 4.78 is 55.6. The van der Waals surface area contributed by atoms with Crippen LogP contribution in [0.1, 0.15) is 45.8 Å². The van der Waals surface area contributed by atoms with E-state index in [2.05, 4.69) is 20.3 Å². The van der Waals surface area contributed by atoms with Crippen molar-refractivity contribution in [2.24, 2.45) is 5.92 Å². The SMILES string of the molecule is CN1C(=O)C(c2c[nH]c3ccc(F)cc23)=C(c2c[nH]c3ccc(F)cc23)C1=O.CN1C(=O)C2c3c([nH]c4ccc(F)cc34)C3Nc4ccc(F)cc4C3C2C1=O. The van der Waals surface area contributed by atoms with Gasteiger partial charge in [0.15, 0.2) is 0 Å².